The molecule has 1 aliphatic rings. The lowest BCUT2D eigenvalue weighted by Gasteiger charge is -2.28. The average molecular weight is 435 g/mol. The third kappa shape index (κ3) is 3.79. The highest BCUT2D eigenvalue weighted by atomic mass is 32.1. The van der Waals surface area contributed by atoms with E-state index in [1.165, 1.54) is 0 Å². The number of H-pyrrole nitrogens is 1. The summed E-state index contributed by atoms with van der Waals surface area (Å²) in [6.45, 7) is 4.56. The van der Waals surface area contributed by atoms with Gasteiger partial charge in [0.05, 0.1) is 21.7 Å². The first-order chi connectivity index (χ1) is 15.0. The number of hydrogen-bond donors (Lipinski definition) is 2. The largest absolute Gasteiger partial charge is 0.490 e. The molecule has 158 valence electrons. The topological polar surface area (TPSA) is 97.0 Å². The number of fused-ring (bicyclic) bond motifs is 2. The molecule has 1 aromatic carbocycles. The number of nitrogens with one attached hydrogen (secondary N) is 2. The predicted octanol–water partition coefficient (Wildman–Crippen LogP) is 3.80. The van der Waals surface area contributed by atoms with Crippen LogP contribution in [-0.4, -0.2) is 33.5 Å². The Hall–Kier alpha value is -3.26. The first-order valence-electron chi connectivity index (χ1n) is 10.3. The summed E-state index contributed by atoms with van der Waals surface area (Å²) < 4.78 is 7.22. The second-order valence-corrected chi connectivity index (χ2v) is 8.95. The van der Waals surface area contributed by atoms with E-state index in [1.807, 2.05) is 37.4 Å². The van der Waals surface area contributed by atoms with Gasteiger partial charge < -0.3 is 15.0 Å². The highest BCUT2D eigenvalue weighted by Gasteiger charge is 2.26. The summed E-state index contributed by atoms with van der Waals surface area (Å²) in [5, 5.41) is 6.41. The normalized spacial score (nSPS) is 17.6. The standard InChI is InChI=1S/C23H22N4O3S/c1-12-7-16(30-13(2)14-3-5-24-20(28)9-14)10-17-21(12)26-22(27-23(17)29)18-8-15-4-6-31-19(15)11-25-18/h4,6-8,10-11,13-14H,3,5,9H2,1-2H3,(H,24,28)(H,26,27,29). The number of aryl methyl sites for hydroxylation is 1. The van der Waals surface area contributed by atoms with Crippen LogP contribution >= 0.6 is 11.3 Å². The third-order valence-electron chi connectivity index (χ3n) is 5.83. The van der Waals surface area contributed by atoms with Crippen LogP contribution in [0.3, 0.4) is 0 Å². The van der Waals surface area contributed by atoms with Crippen molar-refractivity contribution in [1.29, 1.82) is 0 Å². The Labute approximate surface area is 182 Å². The van der Waals surface area contributed by atoms with Crippen molar-refractivity contribution in [3.63, 3.8) is 0 Å². The Morgan fingerprint density at radius 3 is 2.97 bits per heavy atom. The summed E-state index contributed by atoms with van der Waals surface area (Å²) in [6.07, 6.45) is 3.01. The summed E-state index contributed by atoms with van der Waals surface area (Å²) in [6, 6.07) is 7.58. The van der Waals surface area contributed by atoms with E-state index in [-0.39, 0.29) is 23.5 Å². The lowest BCUT2D eigenvalue weighted by Crippen LogP contribution is -2.39. The molecule has 1 saturated heterocycles. The zero-order chi connectivity index (χ0) is 21.5. The number of amides is 1. The van der Waals surface area contributed by atoms with Gasteiger partial charge in [-0.25, -0.2) is 4.98 Å². The van der Waals surface area contributed by atoms with E-state index in [1.54, 1.807) is 23.6 Å². The van der Waals surface area contributed by atoms with Gasteiger partial charge >= 0.3 is 0 Å². The third-order valence-corrected chi connectivity index (χ3v) is 6.69. The first-order valence-corrected chi connectivity index (χ1v) is 11.2. The summed E-state index contributed by atoms with van der Waals surface area (Å²) in [4.78, 5) is 36.6. The maximum atomic E-state index is 12.9. The molecule has 8 heteroatoms. The SMILES string of the molecule is Cc1cc(OC(C)C2CCNC(=O)C2)cc2c(=O)[nH]c(-c3cc4ccsc4cn3)nc12. The van der Waals surface area contributed by atoms with Gasteiger partial charge in [-0.05, 0) is 60.9 Å². The van der Waals surface area contributed by atoms with Crippen LogP contribution in [0.1, 0.15) is 25.3 Å². The number of carbonyl (C=O) groups is 1. The second-order valence-electron chi connectivity index (χ2n) is 8.00. The van der Waals surface area contributed by atoms with Crippen LogP contribution < -0.4 is 15.6 Å². The van der Waals surface area contributed by atoms with Crippen molar-refractivity contribution in [2.45, 2.75) is 32.8 Å². The zero-order valence-electron chi connectivity index (χ0n) is 17.3. The minimum Gasteiger partial charge on any atom is -0.490 e. The number of ether oxygens (including phenoxy) is 1. The van der Waals surface area contributed by atoms with Crippen molar-refractivity contribution < 1.29 is 9.53 Å². The number of benzene rings is 1. The molecular weight excluding hydrogens is 412 g/mol. The molecule has 0 radical (unpaired) electrons. The number of nitrogens with zero attached hydrogens (tertiary/aromatic N) is 2. The quantitative estimate of drug-likeness (QED) is 0.509. The fraction of sp³-hybridized carbons (Fsp3) is 0.304. The minimum atomic E-state index is -0.231. The molecule has 7 nitrogen and oxygen atoms in total. The highest BCUT2D eigenvalue weighted by Crippen LogP contribution is 2.28. The van der Waals surface area contributed by atoms with Gasteiger partial charge in [0.1, 0.15) is 11.4 Å². The van der Waals surface area contributed by atoms with E-state index in [0.717, 1.165) is 22.1 Å². The van der Waals surface area contributed by atoms with Crippen LogP contribution in [0.2, 0.25) is 0 Å². The predicted molar refractivity (Wildman–Crippen MR) is 122 cm³/mol. The molecular formula is C23H22N4O3S. The number of rotatable bonds is 4. The molecule has 0 spiro atoms. The molecule has 0 bridgehead atoms. The van der Waals surface area contributed by atoms with Crippen LogP contribution in [0.5, 0.6) is 5.75 Å². The zero-order valence-corrected chi connectivity index (χ0v) is 18.1. The summed E-state index contributed by atoms with van der Waals surface area (Å²) in [5.74, 6) is 1.27. The fourth-order valence-corrected chi connectivity index (χ4v) is 4.83. The van der Waals surface area contributed by atoms with Crippen LogP contribution in [0.25, 0.3) is 32.5 Å². The molecule has 4 heterocycles. The van der Waals surface area contributed by atoms with Gasteiger partial charge in [-0.3, -0.25) is 14.6 Å². The minimum absolute atomic E-state index is 0.0591. The first kappa shape index (κ1) is 19.7. The van der Waals surface area contributed by atoms with E-state index in [9.17, 15) is 9.59 Å². The Balaban J connectivity index is 1.48. The van der Waals surface area contributed by atoms with Gasteiger partial charge in [0, 0.05) is 25.1 Å². The number of aromatic amines is 1. The molecule has 0 aliphatic carbocycles. The molecule has 1 aliphatic heterocycles. The van der Waals surface area contributed by atoms with Gasteiger partial charge in [0.2, 0.25) is 5.91 Å². The number of aromatic nitrogens is 3. The van der Waals surface area contributed by atoms with Crippen molar-refractivity contribution >= 4 is 38.2 Å². The second kappa shape index (κ2) is 7.77. The molecule has 2 atom stereocenters. The van der Waals surface area contributed by atoms with Crippen LogP contribution in [0, 0.1) is 12.8 Å². The van der Waals surface area contributed by atoms with Gasteiger partial charge in [-0.2, -0.15) is 0 Å². The summed E-state index contributed by atoms with van der Waals surface area (Å²) in [7, 11) is 0. The van der Waals surface area contributed by atoms with E-state index in [4.69, 9.17) is 9.72 Å². The van der Waals surface area contributed by atoms with Gasteiger partial charge in [0.25, 0.3) is 5.56 Å². The van der Waals surface area contributed by atoms with Crippen molar-refractivity contribution in [3.8, 4) is 17.3 Å². The summed E-state index contributed by atoms with van der Waals surface area (Å²) in [5.41, 5.74) is 1.88. The van der Waals surface area contributed by atoms with Crippen molar-refractivity contribution in [2.75, 3.05) is 6.54 Å². The molecule has 0 saturated carbocycles. The van der Waals surface area contributed by atoms with Crippen LogP contribution in [0.15, 0.2) is 40.6 Å². The van der Waals surface area contributed by atoms with Crippen molar-refractivity contribution in [2.24, 2.45) is 5.92 Å². The molecule has 4 aromatic rings. The number of hydrogen-bond acceptors (Lipinski definition) is 6. The Morgan fingerprint density at radius 2 is 2.13 bits per heavy atom. The Kier molecular flexibility index (Phi) is 4.94. The molecule has 2 N–H and O–H groups in total. The molecule has 1 amide bonds. The monoisotopic (exact) mass is 434 g/mol. The van der Waals surface area contributed by atoms with E-state index in [0.29, 0.717) is 41.1 Å². The van der Waals surface area contributed by atoms with E-state index < -0.39 is 0 Å². The maximum absolute atomic E-state index is 12.9. The number of thiophene rings is 1. The van der Waals surface area contributed by atoms with E-state index >= 15 is 0 Å². The van der Waals surface area contributed by atoms with E-state index in [2.05, 4.69) is 15.3 Å². The van der Waals surface area contributed by atoms with Crippen molar-refractivity contribution in [1.82, 2.24) is 20.3 Å². The lowest BCUT2D eigenvalue weighted by atomic mass is 9.92. The van der Waals surface area contributed by atoms with Gasteiger partial charge in [-0.15, -0.1) is 11.3 Å². The molecule has 2 unspecified atom stereocenters. The van der Waals surface area contributed by atoms with Crippen LogP contribution in [-0.2, 0) is 4.79 Å². The fourth-order valence-electron chi connectivity index (χ4n) is 4.09. The van der Waals surface area contributed by atoms with Gasteiger partial charge in [-0.1, -0.05) is 0 Å². The molecule has 5 rings (SSSR count). The lowest BCUT2D eigenvalue weighted by molar-refractivity contribution is -0.124. The summed E-state index contributed by atoms with van der Waals surface area (Å²) >= 11 is 1.63. The molecule has 31 heavy (non-hydrogen) atoms. The Bertz CT molecular complexity index is 1360. The maximum Gasteiger partial charge on any atom is 0.259 e. The molecule has 3 aromatic heterocycles. The molecule has 1 fully saturated rings. The highest BCUT2D eigenvalue weighted by molar-refractivity contribution is 7.17. The number of carbonyl (C=O) groups excluding carboxylic acids is 1. The number of piperidine rings is 1. The van der Waals surface area contributed by atoms with Gasteiger partial charge in [0.15, 0.2) is 5.82 Å². The van der Waals surface area contributed by atoms with Crippen molar-refractivity contribution in [3.05, 3.63) is 51.8 Å². The smallest absolute Gasteiger partial charge is 0.259 e. The van der Waals surface area contributed by atoms with Crippen LogP contribution in [0.4, 0.5) is 0 Å². The number of pyridine rings is 1. The Morgan fingerprint density at radius 1 is 1.26 bits per heavy atom. The average Bonchev–Trinajstić information content (AvgIpc) is 3.22.